The van der Waals surface area contributed by atoms with E-state index >= 15 is 0 Å². The lowest BCUT2D eigenvalue weighted by molar-refractivity contribution is 0.0217. The van der Waals surface area contributed by atoms with Crippen molar-refractivity contribution in [3.8, 4) is 0 Å². The number of hydrogen-bond acceptors (Lipinski definition) is 2. The number of nitrogens with zero attached hydrogens (tertiary/aromatic N) is 1. The standard InChI is InChI=1S/C5H10NO2/c7-2-5-1-6-4-8-3-5/h5,7H,1-4H2. The number of rotatable bonds is 1. The number of hydrogen-bond donors (Lipinski definition) is 1. The van der Waals surface area contributed by atoms with Gasteiger partial charge < -0.3 is 9.84 Å². The summed E-state index contributed by atoms with van der Waals surface area (Å²) in [5.74, 6) is 0.253. The van der Waals surface area contributed by atoms with Gasteiger partial charge in [0.05, 0.1) is 6.61 Å². The van der Waals surface area contributed by atoms with Gasteiger partial charge in [0.25, 0.3) is 0 Å². The van der Waals surface area contributed by atoms with Gasteiger partial charge in [0.15, 0.2) is 0 Å². The third-order valence-corrected chi connectivity index (χ3v) is 1.18. The van der Waals surface area contributed by atoms with Crippen LogP contribution >= 0.6 is 0 Å². The molecule has 0 amide bonds. The normalized spacial score (nSPS) is 30.4. The summed E-state index contributed by atoms with van der Waals surface area (Å²) in [4.78, 5) is 0. The van der Waals surface area contributed by atoms with Crippen molar-refractivity contribution in [3.05, 3.63) is 0 Å². The Balaban J connectivity index is 2.13. The molecule has 0 bridgehead atoms. The van der Waals surface area contributed by atoms with Crippen molar-refractivity contribution in [2.24, 2.45) is 5.92 Å². The van der Waals surface area contributed by atoms with Crippen LogP contribution in [0.4, 0.5) is 0 Å². The molecule has 0 aromatic carbocycles. The van der Waals surface area contributed by atoms with Crippen LogP contribution in [0.2, 0.25) is 0 Å². The molecule has 1 rings (SSSR count). The number of aliphatic hydroxyl groups is 1. The van der Waals surface area contributed by atoms with Crippen LogP contribution in [0.25, 0.3) is 0 Å². The maximum Gasteiger partial charge on any atom is 0.112 e. The predicted octanol–water partition coefficient (Wildman–Crippen LogP) is -0.813. The lowest BCUT2D eigenvalue weighted by Crippen LogP contribution is -2.32. The molecule has 1 heterocycles. The van der Waals surface area contributed by atoms with Gasteiger partial charge in [-0.15, -0.1) is 0 Å². The summed E-state index contributed by atoms with van der Waals surface area (Å²) >= 11 is 0. The van der Waals surface area contributed by atoms with Crippen molar-refractivity contribution in [2.45, 2.75) is 0 Å². The van der Waals surface area contributed by atoms with Gasteiger partial charge in [-0.25, -0.2) is 5.32 Å². The van der Waals surface area contributed by atoms with Crippen molar-refractivity contribution in [3.63, 3.8) is 0 Å². The third-order valence-electron chi connectivity index (χ3n) is 1.18. The molecule has 1 fully saturated rings. The maximum atomic E-state index is 8.55. The first-order valence-corrected chi connectivity index (χ1v) is 2.75. The molecule has 47 valence electrons. The second-order valence-electron chi connectivity index (χ2n) is 1.95. The molecule has 0 aliphatic carbocycles. The fourth-order valence-electron chi connectivity index (χ4n) is 0.682. The van der Waals surface area contributed by atoms with E-state index in [1.807, 2.05) is 0 Å². The molecule has 8 heavy (non-hydrogen) atoms. The Kier molecular flexibility index (Phi) is 2.27. The fourth-order valence-corrected chi connectivity index (χ4v) is 0.682. The van der Waals surface area contributed by atoms with E-state index in [2.05, 4.69) is 5.32 Å². The van der Waals surface area contributed by atoms with E-state index in [4.69, 9.17) is 9.84 Å². The van der Waals surface area contributed by atoms with Crippen LogP contribution in [0.1, 0.15) is 0 Å². The predicted molar refractivity (Wildman–Crippen MR) is 28.4 cm³/mol. The fraction of sp³-hybridized carbons (Fsp3) is 1.00. The van der Waals surface area contributed by atoms with Gasteiger partial charge >= 0.3 is 0 Å². The molecule has 0 aromatic heterocycles. The molecule has 1 N–H and O–H groups in total. The van der Waals surface area contributed by atoms with Crippen LogP contribution in [-0.4, -0.2) is 31.6 Å². The van der Waals surface area contributed by atoms with Crippen LogP contribution in [-0.2, 0) is 4.74 Å². The summed E-state index contributed by atoms with van der Waals surface area (Å²) in [5.41, 5.74) is 0. The molecule has 1 aliphatic heterocycles. The third kappa shape index (κ3) is 1.43. The average Bonchev–Trinajstić information content (AvgIpc) is 1.90. The van der Waals surface area contributed by atoms with E-state index < -0.39 is 0 Å². The zero-order valence-electron chi connectivity index (χ0n) is 4.71. The molecule has 1 unspecified atom stereocenters. The average molecular weight is 116 g/mol. The van der Waals surface area contributed by atoms with Crippen LogP contribution < -0.4 is 5.32 Å². The van der Waals surface area contributed by atoms with Gasteiger partial charge in [-0.2, -0.15) is 0 Å². The molecule has 1 saturated heterocycles. The Bertz CT molecular complexity index is 61.4. The van der Waals surface area contributed by atoms with Crippen LogP contribution in [0, 0.1) is 5.92 Å². The Hall–Kier alpha value is -0.120. The maximum absolute atomic E-state index is 8.55. The Morgan fingerprint density at radius 3 is 3.00 bits per heavy atom. The molecule has 1 radical (unpaired) electrons. The highest BCUT2D eigenvalue weighted by atomic mass is 16.5. The van der Waals surface area contributed by atoms with E-state index in [9.17, 15) is 0 Å². The Labute approximate surface area is 48.7 Å². The molecule has 0 spiro atoms. The Morgan fingerprint density at radius 1 is 1.75 bits per heavy atom. The molecular formula is C5H10NO2. The molecule has 0 aromatic rings. The highest BCUT2D eigenvalue weighted by Crippen LogP contribution is 1.98. The van der Waals surface area contributed by atoms with E-state index in [1.165, 1.54) is 0 Å². The molecular weight excluding hydrogens is 106 g/mol. The van der Waals surface area contributed by atoms with Gasteiger partial charge in [0, 0.05) is 19.1 Å². The lowest BCUT2D eigenvalue weighted by Gasteiger charge is -2.18. The topological polar surface area (TPSA) is 43.6 Å². The van der Waals surface area contributed by atoms with E-state index in [-0.39, 0.29) is 12.5 Å². The van der Waals surface area contributed by atoms with Gasteiger partial charge in [-0.3, -0.25) is 0 Å². The first-order chi connectivity index (χ1) is 3.93. The van der Waals surface area contributed by atoms with Crippen molar-refractivity contribution in [2.75, 3.05) is 26.5 Å². The lowest BCUT2D eigenvalue weighted by atomic mass is 10.2. The zero-order chi connectivity index (χ0) is 5.82. The van der Waals surface area contributed by atoms with Gasteiger partial charge in [0.1, 0.15) is 6.73 Å². The summed E-state index contributed by atoms with van der Waals surface area (Å²) in [6, 6.07) is 0. The van der Waals surface area contributed by atoms with Crippen molar-refractivity contribution in [1.29, 1.82) is 0 Å². The van der Waals surface area contributed by atoms with Gasteiger partial charge in [0.2, 0.25) is 0 Å². The van der Waals surface area contributed by atoms with E-state index in [1.54, 1.807) is 0 Å². The minimum Gasteiger partial charge on any atom is -0.396 e. The molecule has 1 aliphatic rings. The van der Waals surface area contributed by atoms with Crippen molar-refractivity contribution < 1.29 is 9.84 Å². The van der Waals surface area contributed by atoms with E-state index in [0.717, 1.165) is 6.54 Å². The number of aliphatic hydroxyl groups excluding tert-OH is 1. The van der Waals surface area contributed by atoms with Crippen LogP contribution in [0.5, 0.6) is 0 Å². The highest BCUT2D eigenvalue weighted by Gasteiger charge is 2.11. The first-order valence-electron chi connectivity index (χ1n) is 2.75. The smallest absolute Gasteiger partial charge is 0.112 e. The Morgan fingerprint density at radius 2 is 2.62 bits per heavy atom. The zero-order valence-corrected chi connectivity index (χ0v) is 4.71. The minimum atomic E-state index is 0.198. The van der Waals surface area contributed by atoms with Crippen LogP contribution in [0.3, 0.4) is 0 Å². The summed E-state index contributed by atoms with van der Waals surface area (Å²) in [6.07, 6.45) is 0. The first kappa shape index (κ1) is 6.01. The van der Waals surface area contributed by atoms with Crippen LogP contribution in [0.15, 0.2) is 0 Å². The summed E-state index contributed by atoms with van der Waals surface area (Å²) in [7, 11) is 0. The number of ether oxygens (including phenoxy) is 1. The molecule has 3 nitrogen and oxygen atoms in total. The SMILES string of the molecule is OCC1C[N]COC1. The summed E-state index contributed by atoms with van der Waals surface area (Å²) in [5, 5.41) is 12.5. The minimum absolute atomic E-state index is 0.198. The van der Waals surface area contributed by atoms with Crippen molar-refractivity contribution in [1.82, 2.24) is 5.32 Å². The largest absolute Gasteiger partial charge is 0.396 e. The molecule has 3 heteroatoms. The van der Waals surface area contributed by atoms with Gasteiger partial charge in [-0.1, -0.05) is 0 Å². The van der Waals surface area contributed by atoms with Crippen molar-refractivity contribution >= 4 is 0 Å². The van der Waals surface area contributed by atoms with Gasteiger partial charge in [-0.05, 0) is 0 Å². The highest BCUT2D eigenvalue weighted by molar-refractivity contribution is 4.61. The second-order valence-corrected chi connectivity index (χ2v) is 1.95. The second kappa shape index (κ2) is 3.02. The monoisotopic (exact) mass is 116 g/mol. The quantitative estimate of drug-likeness (QED) is 0.486. The molecule has 1 atom stereocenters. The summed E-state index contributed by atoms with van der Waals surface area (Å²) in [6.45, 7) is 2.14. The van der Waals surface area contributed by atoms with E-state index in [0.29, 0.717) is 13.3 Å². The molecule has 0 saturated carbocycles. The summed E-state index contributed by atoms with van der Waals surface area (Å²) < 4.78 is 4.95.